The molecule has 13 heteroatoms. The maximum absolute atomic E-state index is 13.3. The fourth-order valence-electron chi connectivity index (χ4n) is 6.24. The van der Waals surface area contributed by atoms with Gasteiger partial charge in [-0.05, 0) is 31.7 Å². The molecule has 5 heterocycles. The first-order chi connectivity index (χ1) is 18.3. The minimum atomic E-state index is -4.39. The molecule has 1 atom stereocenters. The summed E-state index contributed by atoms with van der Waals surface area (Å²) in [6.07, 6.45) is 4.77. The van der Waals surface area contributed by atoms with E-state index in [1.54, 1.807) is 11.1 Å². The maximum Gasteiger partial charge on any atom is 0.408 e. The van der Waals surface area contributed by atoms with Gasteiger partial charge in [0.15, 0.2) is 0 Å². The third-order valence-corrected chi connectivity index (χ3v) is 8.31. The molecular weight excluding hydrogens is 499 g/mol. The largest absolute Gasteiger partial charge is 0.408 e. The van der Waals surface area contributed by atoms with Crippen molar-refractivity contribution in [3.63, 3.8) is 0 Å². The van der Waals surface area contributed by atoms with Crippen LogP contribution in [0.3, 0.4) is 0 Å². The molecule has 2 aliphatic heterocycles. The Balaban J connectivity index is 1.10. The van der Waals surface area contributed by atoms with Crippen molar-refractivity contribution in [2.75, 3.05) is 32.7 Å². The van der Waals surface area contributed by atoms with E-state index in [9.17, 15) is 23.2 Å². The first-order valence-electron chi connectivity index (χ1n) is 12.9. The van der Waals surface area contributed by atoms with E-state index >= 15 is 0 Å². The molecule has 0 spiro atoms. The van der Waals surface area contributed by atoms with Crippen LogP contribution >= 0.6 is 0 Å². The van der Waals surface area contributed by atoms with Crippen molar-refractivity contribution in [3.05, 3.63) is 31.0 Å². The number of likely N-dealkylation sites (tertiary alicyclic amines) is 1. The normalized spacial score (nSPS) is 26.5. The van der Waals surface area contributed by atoms with Gasteiger partial charge in [0.2, 0.25) is 0 Å². The van der Waals surface area contributed by atoms with Gasteiger partial charge in [0, 0.05) is 62.1 Å². The second kappa shape index (κ2) is 9.27. The van der Waals surface area contributed by atoms with Crippen LogP contribution in [0.5, 0.6) is 0 Å². The number of urea groups is 1. The summed E-state index contributed by atoms with van der Waals surface area (Å²) >= 11 is 0. The van der Waals surface area contributed by atoms with Crippen LogP contribution in [-0.4, -0.2) is 96.4 Å². The predicted octanol–water partition coefficient (Wildman–Crippen LogP) is 3.36. The topological polar surface area (TPSA) is 110 Å². The average molecular weight is 528 g/mol. The van der Waals surface area contributed by atoms with Gasteiger partial charge in [0.05, 0.1) is 29.9 Å². The Morgan fingerprint density at radius 1 is 1.18 bits per heavy atom. The molecule has 3 aromatic rings. The number of aromatic amines is 1. The molecule has 3 fully saturated rings. The number of nitrogens with one attached hydrogen (secondary N) is 1. The second-order valence-corrected chi connectivity index (χ2v) is 10.5. The maximum atomic E-state index is 13.3. The predicted molar refractivity (Wildman–Crippen MR) is 131 cm³/mol. The molecule has 0 aromatic carbocycles. The van der Waals surface area contributed by atoms with Crippen LogP contribution in [0.1, 0.15) is 32.1 Å². The molecular formula is C25H28F3N9O. The summed E-state index contributed by atoms with van der Waals surface area (Å²) in [5.41, 5.74) is 1.94. The Hall–Kier alpha value is -3.66. The number of alkyl halides is 3. The number of fused-ring (bicyclic) bond motifs is 1. The Bertz CT molecular complexity index is 1360. The lowest BCUT2D eigenvalue weighted by Crippen LogP contribution is -2.62. The van der Waals surface area contributed by atoms with E-state index in [0.717, 1.165) is 40.0 Å². The number of carbonyl (C=O) groups is 1. The zero-order valence-corrected chi connectivity index (χ0v) is 20.7. The summed E-state index contributed by atoms with van der Waals surface area (Å²) in [4.78, 5) is 29.4. The molecule has 0 radical (unpaired) electrons. The summed E-state index contributed by atoms with van der Waals surface area (Å²) in [5.74, 6) is 0. The van der Waals surface area contributed by atoms with E-state index in [4.69, 9.17) is 0 Å². The molecule has 10 nitrogen and oxygen atoms in total. The number of hydrogen-bond acceptors (Lipinski definition) is 6. The molecule has 0 unspecified atom stereocenters. The fraction of sp³-hybridized carbons (Fsp3) is 0.560. The van der Waals surface area contributed by atoms with Gasteiger partial charge in [-0.15, -0.1) is 0 Å². The first-order valence-corrected chi connectivity index (χ1v) is 12.9. The van der Waals surface area contributed by atoms with Crippen molar-refractivity contribution in [2.45, 2.75) is 55.9 Å². The lowest BCUT2D eigenvalue weighted by molar-refractivity contribution is -0.170. The Kier molecular flexibility index (Phi) is 6.02. The van der Waals surface area contributed by atoms with Crippen LogP contribution in [0.4, 0.5) is 18.0 Å². The molecule has 38 heavy (non-hydrogen) atoms. The van der Waals surface area contributed by atoms with Crippen LogP contribution in [0.15, 0.2) is 31.0 Å². The molecule has 3 aromatic heterocycles. The van der Waals surface area contributed by atoms with Crippen molar-refractivity contribution in [1.82, 2.24) is 39.4 Å². The van der Waals surface area contributed by atoms with Crippen LogP contribution in [-0.2, 0) is 5.54 Å². The number of hydrogen-bond donors (Lipinski definition) is 1. The highest BCUT2D eigenvalue weighted by Gasteiger charge is 2.51. The number of amides is 2. The SMILES string of the molecule is N#CC[C@]1(n2cc(-c3ncnc4[nH]ccc34)cn2)C[C@H](N2CCN(C(=O)N3CCC[C@@H]3C(F)(F)F)CC2)C1. The molecule has 2 saturated heterocycles. The van der Waals surface area contributed by atoms with Crippen LogP contribution in [0, 0.1) is 11.3 Å². The quantitative estimate of drug-likeness (QED) is 0.557. The van der Waals surface area contributed by atoms with Gasteiger partial charge in [0.25, 0.3) is 0 Å². The van der Waals surface area contributed by atoms with Gasteiger partial charge in [-0.1, -0.05) is 0 Å². The Morgan fingerprint density at radius 2 is 1.97 bits per heavy atom. The number of halogens is 3. The van der Waals surface area contributed by atoms with Crippen LogP contribution in [0.2, 0.25) is 0 Å². The average Bonchev–Trinajstić information content (AvgIpc) is 3.65. The van der Waals surface area contributed by atoms with E-state index in [2.05, 4.69) is 31.0 Å². The van der Waals surface area contributed by atoms with Gasteiger partial charge in [0.1, 0.15) is 18.0 Å². The first kappa shape index (κ1) is 24.7. The molecule has 6 rings (SSSR count). The molecule has 200 valence electrons. The fourth-order valence-corrected chi connectivity index (χ4v) is 6.24. The molecule has 2 amide bonds. The number of rotatable bonds is 4. The van der Waals surface area contributed by atoms with Crippen LogP contribution < -0.4 is 0 Å². The van der Waals surface area contributed by atoms with Crippen LogP contribution in [0.25, 0.3) is 22.3 Å². The zero-order chi connectivity index (χ0) is 26.5. The third kappa shape index (κ3) is 4.16. The summed E-state index contributed by atoms with van der Waals surface area (Å²) in [6.45, 7) is 2.14. The highest BCUT2D eigenvalue weighted by atomic mass is 19.4. The molecule has 1 aliphatic carbocycles. The second-order valence-electron chi connectivity index (χ2n) is 10.5. The van der Waals surface area contributed by atoms with Crippen molar-refractivity contribution in [2.24, 2.45) is 0 Å². The minimum Gasteiger partial charge on any atom is -0.346 e. The summed E-state index contributed by atoms with van der Waals surface area (Å²) in [6, 6.07) is 2.27. The van der Waals surface area contributed by atoms with Crippen molar-refractivity contribution in [3.8, 4) is 17.3 Å². The monoisotopic (exact) mass is 527 g/mol. The lowest BCUT2D eigenvalue weighted by atomic mass is 9.70. The minimum absolute atomic E-state index is 0.0271. The molecule has 0 bridgehead atoms. The summed E-state index contributed by atoms with van der Waals surface area (Å²) in [5, 5.41) is 15.1. The Labute approximate surface area is 217 Å². The van der Waals surface area contributed by atoms with Gasteiger partial charge < -0.3 is 14.8 Å². The smallest absolute Gasteiger partial charge is 0.346 e. The van der Waals surface area contributed by atoms with Crippen molar-refractivity contribution in [1.29, 1.82) is 5.26 Å². The lowest BCUT2D eigenvalue weighted by Gasteiger charge is -2.52. The Morgan fingerprint density at radius 3 is 2.71 bits per heavy atom. The van der Waals surface area contributed by atoms with E-state index in [0.29, 0.717) is 39.0 Å². The summed E-state index contributed by atoms with van der Waals surface area (Å²) in [7, 11) is 0. The highest BCUT2D eigenvalue weighted by molar-refractivity contribution is 5.90. The standard InChI is InChI=1S/C25H28F3N9O/c26-25(27,28)20-2-1-7-36(20)23(38)35-10-8-34(9-11-35)18-12-24(13-18,4-5-29)37-15-17(14-33-37)21-19-3-6-30-22(19)32-16-31-21/h3,6,14-16,18,20H,1-2,4,7-13H2,(H,30,31,32)/t18-,20-,24-/m1/s1. The molecule has 1 N–H and O–H groups in total. The number of piperazine rings is 1. The number of nitriles is 1. The molecule has 3 aliphatic rings. The van der Waals surface area contributed by atoms with Crippen molar-refractivity contribution >= 4 is 17.1 Å². The number of carbonyl (C=O) groups excluding carboxylic acids is 1. The van der Waals surface area contributed by atoms with Gasteiger partial charge >= 0.3 is 12.2 Å². The van der Waals surface area contributed by atoms with Gasteiger partial charge in [-0.3, -0.25) is 9.58 Å². The van der Waals surface area contributed by atoms with Gasteiger partial charge in [-0.2, -0.15) is 23.5 Å². The number of H-pyrrole nitrogens is 1. The highest BCUT2D eigenvalue weighted by Crippen LogP contribution is 2.45. The number of nitrogens with zero attached hydrogens (tertiary/aromatic N) is 8. The van der Waals surface area contributed by atoms with Crippen molar-refractivity contribution < 1.29 is 18.0 Å². The van der Waals surface area contributed by atoms with E-state index in [1.807, 2.05) is 23.1 Å². The van der Waals surface area contributed by atoms with E-state index in [1.165, 1.54) is 6.33 Å². The zero-order valence-electron chi connectivity index (χ0n) is 20.7. The summed E-state index contributed by atoms with van der Waals surface area (Å²) < 4.78 is 41.9. The van der Waals surface area contributed by atoms with Gasteiger partial charge in [-0.25, -0.2) is 14.8 Å². The van der Waals surface area contributed by atoms with E-state index < -0.39 is 23.8 Å². The molecule has 1 saturated carbocycles. The number of aromatic nitrogens is 5. The third-order valence-electron chi connectivity index (χ3n) is 8.31. The van der Waals surface area contributed by atoms with E-state index in [-0.39, 0.29) is 19.0 Å².